The van der Waals surface area contributed by atoms with Gasteiger partial charge < -0.3 is 5.32 Å². The van der Waals surface area contributed by atoms with E-state index in [4.69, 9.17) is 5.21 Å². The van der Waals surface area contributed by atoms with Crippen LogP contribution in [0.5, 0.6) is 0 Å². The molecule has 1 heterocycles. The van der Waals surface area contributed by atoms with Gasteiger partial charge in [-0.1, -0.05) is 42.5 Å². The van der Waals surface area contributed by atoms with E-state index in [1.54, 1.807) is 11.6 Å². The molecule has 5 heteroatoms. The molecule has 0 saturated carbocycles. The average Bonchev–Trinajstić information content (AvgIpc) is 3.05. The van der Waals surface area contributed by atoms with Crippen molar-refractivity contribution in [3.63, 3.8) is 0 Å². The van der Waals surface area contributed by atoms with Gasteiger partial charge in [-0.2, -0.15) is 0 Å². The van der Waals surface area contributed by atoms with E-state index in [0.717, 1.165) is 25.1 Å². The number of amides is 1. The van der Waals surface area contributed by atoms with Crippen molar-refractivity contribution in [3.8, 4) is 0 Å². The summed E-state index contributed by atoms with van der Waals surface area (Å²) in [6.45, 7) is 8.70. The Morgan fingerprint density at radius 3 is 2.62 bits per heavy atom. The summed E-state index contributed by atoms with van der Waals surface area (Å²) in [5.74, 6) is 0.00917. The molecule has 1 aliphatic rings. The molecule has 5 nitrogen and oxygen atoms in total. The van der Waals surface area contributed by atoms with E-state index in [9.17, 15) is 4.79 Å². The zero-order valence-corrected chi connectivity index (χ0v) is 17.4. The highest BCUT2D eigenvalue weighted by Gasteiger charge is 2.28. The summed E-state index contributed by atoms with van der Waals surface area (Å²) in [6.07, 6.45) is 4.12. The van der Waals surface area contributed by atoms with Gasteiger partial charge in [0.2, 0.25) is 0 Å². The van der Waals surface area contributed by atoms with Gasteiger partial charge in [-0.15, -0.1) is 0 Å². The predicted molar refractivity (Wildman–Crippen MR) is 118 cm³/mol. The molecule has 3 rings (SSSR count). The molecule has 2 aromatic carbocycles. The van der Waals surface area contributed by atoms with Crippen LogP contribution in [0.25, 0.3) is 6.08 Å². The number of hydroxylamine groups is 1. The number of carbonyl (C=O) groups excluding carboxylic acids is 1. The summed E-state index contributed by atoms with van der Waals surface area (Å²) in [5.41, 5.74) is 6.49. The fraction of sp³-hybridized carbons (Fsp3) is 0.375. The van der Waals surface area contributed by atoms with E-state index in [0.29, 0.717) is 18.0 Å². The van der Waals surface area contributed by atoms with Gasteiger partial charge in [0.1, 0.15) is 0 Å². The molecule has 1 aliphatic heterocycles. The fourth-order valence-electron chi connectivity index (χ4n) is 3.98. The van der Waals surface area contributed by atoms with Crippen LogP contribution in [-0.2, 0) is 11.3 Å². The number of benzene rings is 2. The smallest absolute Gasteiger partial charge is 0.267 e. The predicted octanol–water partition coefficient (Wildman–Crippen LogP) is 4.40. The number of hydrogen-bond acceptors (Lipinski definition) is 4. The molecule has 1 amide bonds. The Kier molecular flexibility index (Phi) is 7.07. The Bertz CT molecular complexity index is 845. The maximum Gasteiger partial charge on any atom is 0.267 e. The lowest BCUT2D eigenvalue weighted by atomic mass is 9.92. The van der Waals surface area contributed by atoms with Crippen LogP contribution in [0.15, 0.2) is 54.6 Å². The minimum absolute atomic E-state index is 0.461. The number of fused-ring (bicyclic) bond motifs is 1. The molecular weight excluding hydrogens is 362 g/mol. The van der Waals surface area contributed by atoms with E-state index < -0.39 is 5.91 Å². The molecule has 154 valence electrons. The van der Waals surface area contributed by atoms with Crippen LogP contribution in [-0.4, -0.2) is 34.6 Å². The summed E-state index contributed by atoms with van der Waals surface area (Å²) in [6, 6.07) is 17.8. The first-order valence-corrected chi connectivity index (χ1v) is 10.3. The molecule has 2 atom stereocenters. The molecule has 2 aromatic rings. The van der Waals surface area contributed by atoms with Crippen LogP contribution in [0.2, 0.25) is 0 Å². The van der Waals surface area contributed by atoms with Crippen LogP contribution < -0.4 is 10.8 Å². The van der Waals surface area contributed by atoms with Gasteiger partial charge in [0, 0.05) is 36.3 Å². The molecule has 0 fully saturated rings. The van der Waals surface area contributed by atoms with Crippen molar-refractivity contribution in [1.82, 2.24) is 10.4 Å². The van der Waals surface area contributed by atoms with E-state index in [-0.39, 0.29) is 0 Å². The third kappa shape index (κ3) is 5.46. The Morgan fingerprint density at radius 2 is 1.93 bits per heavy atom. The van der Waals surface area contributed by atoms with Gasteiger partial charge >= 0.3 is 0 Å². The van der Waals surface area contributed by atoms with Crippen molar-refractivity contribution in [2.45, 2.75) is 51.7 Å². The fourth-order valence-corrected chi connectivity index (χ4v) is 3.98. The highest BCUT2D eigenvalue weighted by molar-refractivity contribution is 5.90. The van der Waals surface area contributed by atoms with Crippen molar-refractivity contribution in [2.24, 2.45) is 0 Å². The standard InChI is InChI=1S/C24H31N3O2/c1-17(2)27(15-14-21-18(3)25-23-7-5-4-6-22(21)23)16-20-10-8-19(9-11-20)12-13-24(28)26-29/h4-13,17-18,21,25,29H,14-16H2,1-3H3,(H,26,28)/b13-12+. The second-order valence-electron chi connectivity index (χ2n) is 8.03. The zero-order chi connectivity index (χ0) is 20.8. The minimum atomic E-state index is -0.530. The molecule has 0 spiro atoms. The minimum Gasteiger partial charge on any atom is -0.382 e. The Hall–Kier alpha value is -2.63. The summed E-state index contributed by atoms with van der Waals surface area (Å²) in [5, 5.41) is 12.2. The Morgan fingerprint density at radius 1 is 1.21 bits per heavy atom. The second kappa shape index (κ2) is 9.72. The number of nitrogens with zero attached hydrogens (tertiary/aromatic N) is 1. The van der Waals surface area contributed by atoms with Crippen molar-refractivity contribution < 1.29 is 10.0 Å². The molecule has 0 bridgehead atoms. The van der Waals surface area contributed by atoms with Crippen LogP contribution in [0.3, 0.4) is 0 Å². The second-order valence-corrected chi connectivity index (χ2v) is 8.03. The van der Waals surface area contributed by atoms with Gasteiger partial charge in [-0.05, 0) is 62.6 Å². The number of para-hydroxylation sites is 1. The van der Waals surface area contributed by atoms with Gasteiger partial charge in [0.25, 0.3) is 5.91 Å². The van der Waals surface area contributed by atoms with Gasteiger partial charge in [0.05, 0.1) is 0 Å². The summed E-state index contributed by atoms with van der Waals surface area (Å²) >= 11 is 0. The molecule has 0 aromatic heterocycles. The molecule has 29 heavy (non-hydrogen) atoms. The zero-order valence-electron chi connectivity index (χ0n) is 17.4. The first kappa shape index (κ1) is 21.1. The number of nitrogens with one attached hydrogen (secondary N) is 2. The quantitative estimate of drug-likeness (QED) is 0.353. The van der Waals surface area contributed by atoms with Crippen LogP contribution in [0, 0.1) is 0 Å². The SMILES string of the molecule is CC1Nc2ccccc2C1CCN(Cc1ccc(/C=C/C(=O)NO)cc1)C(C)C. The summed E-state index contributed by atoms with van der Waals surface area (Å²) < 4.78 is 0. The monoisotopic (exact) mass is 393 g/mol. The van der Waals surface area contributed by atoms with Crippen molar-refractivity contribution in [1.29, 1.82) is 0 Å². The highest BCUT2D eigenvalue weighted by atomic mass is 16.5. The molecule has 0 saturated heterocycles. The topological polar surface area (TPSA) is 64.6 Å². The highest BCUT2D eigenvalue weighted by Crippen LogP contribution is 2.37. The normalized spacial score (nSPS) is 18.3. The lowest BCUT2D eigenvalue weighted by Gasteiger charge is -2.29. The first-order valence-electron chi connectivity index (χ1n) is 10.3. The molecule has 3 N–H and O–H groups in total. The molecule has 0 radical (unpaired) electrons. The maximum atomic E-state index is 11.1. The van der Waals surface area contributed by atoms with Crippen molar-refractivity contribution in [3.05, 3.63) is 71.3 Å². The third-order valence-corrected chi connectivity index (χ3v) is 5.71. The van der Waals surface area contributed by atoms with Gasteiger partial charge in [0.15, 0.2) is 0 Å². The Balaban J connectivity index is 1.61. The first-order chi connectivity index (χ1) is 14.0. The lowest BCUT2D eigenvalue weighted by Crippen LogP contribution is -2.33. The van der Waals surface area contributed by atoms with Crippen LogP contribution >= 0.6 is 0 Å². The average molecular weight is 394 g/mol. The number of rotatable bonds is 8. The lowest BCUT2D eigenvalue weighted by molar-refractivity contribution is -0.124. The van der Waals surface area contributed by atoms with E-state index >= 15 is 0 Å². The number of hydrogen-bond donors (Lipinski definition) is 3. The molecule has 0 aliphatic carbocycles. The van der Waals surface area contributed by atoms with Gasteiger partial charge in [-0.25, -0.2) is 5.48 Å². The van der Waals surface area contributed by atoms with Crippen molar-refractivity contribution in [2.75, 3.05) is 11.9 Å². The summed E-state index contributed by atoms with van der Waals surface area (Å²) in [4.78, 5) is 13.6. The van der Waals surface area contributed by atoms with Crippen molar-refractivity contribution >= 4 is 17.7 Å². The largest absolute Gasteiger partial charge is 0.382 e. The van der Waals surface area contributed by atoms with Gasteiger partial charge in [-0.3, -0.25) is 14.9 Å². The number of carbonyl (C=O) groups is 1. The van der Waals surface area contributed by atoms with E-state index in [1.807, 2.05) is 12.1 Å². The molecule has 2 unspecified atom stereocenters. The maximum absolute atomic E-state index is 11.1. The van der Waals surface area contributed by atoms with E-state index in [1.165, 1.54) is 22.9 Å². The third-order valence-electron chi connectivity index (χ3n) is 5.71. The Labute approximate surface area is 173 Å². The summed E-state index contributed by atoms with van der Waals surface area (Å²) in [7, 11) is 0. The van der Waals surface area contributed by atoms with E-state index in [2.05, 4.69) is 67.4 Å². The molecular formula is C24H31N3O2. The van der Waals surface area contributed by atoms with Crippen LogP contribution in [0.1, 0.15) is 49.8 Å². The number of anilines is 1. The van der Waals surface area contributed by atoms with Crippen LogP contribution in [0.4, 0.5) is 5.69 Å².